The fourth-order valence-electron chi connectivity index (χ4n) is 14.7. The first-order valence-electron chi connectivity index (χ1n) is 38.4. The first kappa shape index (κ1) is 59.4. The molecule has 0 fully saturated rings. The second-order valence-corrected chi connectivity index (χ2v) is 33.8. The zero-order valence-electron chi connectivity index (χ0n) is 67.3. The van der Waals surface area contributed by atoms with Crippen molar-refractivity contribution in [2.24, 2.45) is 0 Å². The monoisotopic (exact) mass is 1290 g/mol. The minimum Gasteiger partial charge on any atom is -0.310 e. The molecule has 99 heavy (non-hydrogen) atoms. The second-order valence-electron chi connectivity index (χ2n) is 33.8. The van der Waals surface area contributed by atoms with E-state index in [1.165, 1.54) is 27.8 Å². The summed E-state index contributed by atoms with van der Waals surface area (Å²) >= 11 is 0. The molecule has 0 unspecified atom stereocenters. The molecule has 0 radical (unpaired) electrons. The predicted molar refractivity (Wildman–Crippen MR) is 431 cm³/mol. The summed E-state index contributed by atoms with van der Waals surface area (Å²) in [5.74, 6) is 0. The third-order valence-electron chi connectivity index (χ3n) is 20.5. The van der Waals surface area contributed by atoms with E-state index >= 15 is 0 Å². The van der Waals surface area contributed by atoms with Crippen molar-refractivity contribution in [1.82, 2.24) is 0 Å². The van der Waals surface area contributed by atoms with Gasteiger partial charge in [0.25, 0.3) is 6.71 Å². The number of fused-ring (bicyclic) bond motifs is 4. The van der Waals surface area contributed by atoms with E-state index in [0.717, 1.165) is 100 Å². The smallest absolute Gasteiger partial charge is 0.252 e. The molecule has 0 atom stereocenters. The minimum atomic E-state index is -0.531. The van der Waals surface area contributed by atoms with Gasteiger partial charge in [-0.3, -0.25) is 0 Å². The number of benzene rings is 12. The van der Waals surface area contributed by atoms with Gasteiger partial charge in [0.15, 0.2) is 0 Å². The minimum absolute atomic E-state index is 0.0575. The average Bonchev–Trinajstić information content (AvgIpc) is 0.679. The molecule has 0 spiro atoms. The Bertz CT molecular complexity index is 4930. The maximum absolute atomic E-state index is 10.4. The predicted octanol–water partition coefficient (Wildman–Crippen LogP) is 25.2. The molecular formula is C96H97BN2. The molecule has 494 valence electrons. The number of hydrogen-bond donors (Lipinski definition) is 0. The number of anilines is 6. The van der Waals surface area contributed by atoms with E-state index in [1.807, 2.05) is 121 Å². The lowest BCUT2D eigenvalue weighted by Gasteiger charge is -2.46. The van der Waals surface area contributed by atoms with Crippen molar-refractivity contribution in [1.29, 1.82) is 0 Å². The van der Waals surface area contributed by atoms with Crippen molar-refractivity contribution in [2.45, 2.75) is 157 Å². The standard InChI is InChI=1S/C96H97BN2/c1-91(2,3)71-47-48-76(81(61-71)96(16,17)18)70-57-86-88-87(58-70)99(90-79(64-37-27-21-28-38-64)43-32-44-80(90)65-39-29-22-30-40-65)85-50-46-67(69-53-74(94(10,11)12)60-75(54-69)95(13,14)15)56-83(85)97(88)82-55-66(68-51-72(92(4,5)6)59-73(52-68)93(7,8)9)45-49-84(82)98(86)89-77(62-33-23-19-24-34-62)41-31-42-78(89)63-35-25-20-26-36-63/h19-61H,1-18H3/i31D,32D,41D,42D,43D,44D. The third kappa shape index (κ3) is 12.5. The summed E-state index contributed by atoms with van der Waals surface area (Å²) in [5, 5.41) is 0. The molecule has 0 amide bonds. The van der Waals surface area contributed by atoms with Gasteiger partial charge in [-0.1, -0.05) is 361 Å². The van der Waals surface area contributed by atoms with E-state index in [-0.39, 0.29) is 68.7 Å². The lowest BCUT2D eigenvalue weighted by Crippen LogP contribution is -2.61. The van der Waals surface area contributed by atoms with Crippen LogP contribution in [-0.4, -0.2) is 6.71 Å². The molecule has 3 heteroatoms. The Morgan fingerprint density at radius 2 is 0.576 bits per heavy atom. The number of nitrogens with zero attached hydrogens (tertiary/aromatic N) is 2. The van der Waals surface area contributed by atoms with Gasteiger partial charge in [-0.2, -0.15) is 0 Å². The molecule has 0 bridgehead atoms. The van der Waals surface area contributed by atoms with E-state index in [4.69, 9.17) is 0 Å². The van der Waals surface area contributed by atoms with Gasteiger partial charge in [0.05, 0.1) is 19.6 Å². The van der Waals surface area contributed by atoms with E-state index < -0.39 is 6.71 Å². The van der Waals surface area contributed by atoms with E-state index in [2.05, 4.69) is 238 Å². The lowest BCUT2D eigenvalue weighted by molar-refractivity contribution is 0.568. The van der Waals surface area contributed by atoms with E-state index in [1.54, 1.807) is 0 Å². The Hall–Kier alpha value is -9.70. The molecule has 0 saturated carbocycles. The summed E-state index contributed by atoms with van der Waals surface area (Å²) in [7, 11) is 0. The highest BCUT2D eigenvalue weighted by molar-refractivity contribution is 7.00. The molecule has 2 aliphatic heterocycles. The molecule has 14 rings (SSSR count). The second kappa shape index (κ2) is 24.6. The van der Waals surface area contributed by atoms with Crippen molar-refractivity contribution in [3.8, 4) is 77.9 Å². The van der Waals surface area contributed by atoms with Crippen LogP contribution in [0.3, 0.4) is 0 Å². The molecule has 12 aromatic rings. The van der Waals surface area contributed by atoms with Crippen molar-refractivity contribution in [3.63, 3.8) is 0 Å². The van der Waals surface area contributed by atoms with Gasteiger partial charge in [0, 0.05) is 45.0 Å². The zero-order chi connectivity index (χ0) is 75.1. The van der Waals surface area contributed by atoms with Gasteiger partial charge in [0.2, 0.25) is 0 Å². The first-order valence-corrected chi connectivity index (χ1v) is 35.4. The van der Waals surface area contributed by atoms with Crippen LogP contribution in [0.15, 0.2) is 261 Å². The summed E-state index contributed by atoms with van der Waals surface area (Å²) in [6.45, 7) is 40.6. The molecule has 12 aromatic carbocycles. The molecule has 2 nitrogen and oxygen atoms in total. The Labute approximate surface area is 601 Å². The van der Waals surface area contributed by atoms with Crippen LogP contribution in [0.5, 0.6) is 0 Å². The highest BCUT2D eigenvalue weighted by Gasteiger charge is 2.46. The highest BCUT2D eigenvalue weighted by Crippen LogP contribution is 2.55. The number of hydrogen-bond acceptors (Lipinski definition) is 2. The topological polar surface area (TPSA) is 6.48 Å². The molecule has 0 aliphatic carbocycles. The summed E-state index contributed by atoms with van der Waals surface area (Å²) in [5.41, 5.74) is 24.7. The van der Waals surface area contributed by atoms with Crippen molar-refractivity contribution < 1.29 is 8.22 Å². The Morgan fingerprint density at radius 1 is 0.253 bits per heavy atom. The Balaban J connectivity index is 1.26. The fraction of sp³-hybridized carbons (Fsp3) is 0.250. The van der Waals surface area contributed by atoms with Crippen molar-refractivity contribution >= 4 is 57.2 Å². The Kier molecular flexibility index (Phi) is 14.8. The van der Waals surface area contributed by atoms with Crippen LogP contribution >= 0.6 is 0 Å². The summed E-state index contributed by atoms with van der Waals surface area (Å²) < 4.78 is 61.7. The van der Waals surface area contributed by atoms with Gasteiger partial charge in [0.1, 0.15) is 0 Å². The average molecular weight is 1300 g/mol. The van der Waals surface area contributed by atoms with Crippen LogP contribution in [0.1, 0.15) is 166 Å². The summed E-state index contributed by atoms with van der Waals surface area (Å²) in [6, 6.07) is 79.5. The first-order chi connectivity index (χ1) is 49.4. The SMILES string of the molecule is [2H]c1c([2H])c(-c2ccccc2)c(N2c3ccc(-c4cc(C(C)(C)C)cc(C(C)(C)C)c4)cc3B3c4cc(-c5cc(C(C)(C)C)cc(C(C)(C)C)c5)ccc4N(c4c(-c5ccccc5)c([2H])c([2H])c([2H])c4-c4ccccc4)c4cc(-c5ccc(C(C)(C)C)cc5C(C)(C)C)cc2c43)c(-c2ccccc2)c1[2H]. The van der Waals surface area contributed by atoms with Crippen LogP contribution in [0.4, 0.5) is 34.1 Å². The van der Waals surface area contributed by atoms with Crippen LogP contribution < -0.4 is 26.2 Å². The van der Waals surface area contributed by atoms with Crippen molar-refractivity contribution in [3.05, 3.63) is 294 Å². The summed E-state index contributed by atoms with van der Waals surface area (Å²) in [4.78, 5) is 4.71. The maximum atomic E-state index is 10.4. The number of rotatable bonds is 9. The van der Waals surface area contributed by atoms with Crippen molar-refractivity contribution in [2.75, 3.05) is 9.80 Å². The molecule has 0 N–H and O–H groups in total. The molecule has 0 aromatic heterocycles. The van der Waals surface area contributed by atoms with Crippen LogP contribution in [0.25, 0.3) is 77.9 Å². The van der Waals surface area contributed by atoms with Gasteiger partial charge in [-0.15, -0.1) is 0 Å². The van der Waals surface area contributed by atoms with Crippen LogP contribution in [0, 0.1) is 0 Å². The molecular weight excluding hydrogens is 1190 g/mol. The fourth-order valence-corrected chi connectivity index (χ4v) is 14.7. The van der Waals surface area contributed by atoms with Crippen LogP contribution in [0.2, 0.25) is 0 Å². The van der Waals surface area contributed by atoms with Gasteiger partial charge >= 0.3 is 0 Å². The summed E-state index contributed by atoms with van der Waals surface area (Å²) in [6.07, 6.45) is 0. The molecule has 0 saturated heterocycles. The van der Waals surface area contributed by atoms with Gasteiger partial charge in [-0.05, 0) is 162 Å². The zero-order valence-corrected chi connectivity index (χ0v) is 61.3. The normalized spacial score (nSPS) is 14.1. The maximum Gasteiger partial charge on any atom is 0.252 e. The van der Waals surface area contributed by atoms with E-state index in [9.17, 15) is 8.22 Å². The van der Waals surface area contributed by atoms with E-state index in [0.29, 0.717) is 33.6 Å². The largest absolute Gasteiger partial charge is 0.310 e. The van der Waals surface area contributed by atoms with Gasteiger partial charge in [-0.25, -0.2) is 0 Å². The highest BCUT2D eigenvalue weighted by atomic mass is 15.2. The number of para-hydroxylation sites is 2. The quantitative estimate of drug-likeness (QED) is 0.133. The van der Waals surface area contributed by atoms with Crippen LogP contribution in [-0.2, 0) is 32.5 Å². The molecule has 2 heterocycles. The Morgan fingerprint density at radius 3 is 0.879 bits per heavy atom. The third-order valence-corrected chi connectivity index (χ3v) is 20.5. The molecule has 2 aliphatic rings. The van der Waals surface area contributed by atoms with Gasteiger partial charge < -0.3 is 9.80 Å². The lowest BCUT2D eigenvalue weighted by atomic mass is 9.33.